The van der Waals surface area contributed by atoms with E-state index in [1.165, 1.54) is 26.1 Å². The molecule has 0 spiro atoms. The van der Waals surface area contributed by atoms with Crippen LogP contribution in [-0.2, 0) is 14.3 Å². The second kappa shape index (κ2) is 5.24. The van der Waals surface area contributed by atoms with Crippen molar-refractivity contribution in [1.82, 2.24) is 5.32 Å². The Bertz CT molecular complexity index is 296. The molecule has 0 saturated carbocycles. The van der Waals surface area contributed by atoms with E-state index in [2.05, 4.69) is 9.47 Å². The number of carbonyl (C=O) groups is 2. The summed E-state index contributed by atoms with van der Waals surface area (Å²) in [7, 11) is 0. The monoisotopic (exact) mass is 257 g/mol. The highest BCUT2D eigenvalue weighted by Crippen LogP contribution is 2.21. The van der Waals surface area contributed by atoms with E-state index in [0.717, 1.165) is 6.92 Å². The van der Waals surface area contributed by atoms with Crippen LogP contribution in [0.5, 0.6) is 0 Å². The first-order valence-corrected chi connectivity index (χ1v) is 4.65. The van der Waals surface area contributed by atoms with Gasteiger partial charge in [0.05, 0.1) is 0 Å². The second-order valence-corrected chi connectivity index (χ2v) is 4.18. The summed E-state index contributed by atoms with van der Waals surface area (Å²) in [6.45, 7) is 5.26. The van der Waals surface area contributed by atoms with Gasteiger partial charge in [0.1, 0.15) is 5.60 Å². The summed E-state index contributed by atoms with van der Waals surface area (Å²) in [6, 6.07) is 0. The van der Waals surface area contributed by atoms with Gasteiger partial charge in [-0.1, -0.05) is 0 Å². The summed E-state index contributed by atoms with van der Waals surface area (Å²) < 4.78 is 45.5. The maximum Gasteiger partial charge on any atom is 0.445 e. The lowest BCUT2D eigenvalue weighted by Gasteiger charge is -2.24. The van der Waals surface area contributed by atoms with Gasteiger partial charge in [-0.15, -0.1) is 0 Å². The molecule has 5 nitrogen and oxygen atoms in total. The SMILES string of the molecule is CC(=O)OC(NC(=O)OC(C)(C)C)C(F)(F)F. The molecule has 0 heterocycles. The maximum atomic E-state index is 12.3. The highest BCUT2D eigenvalue weighted by atomic mass is 19.4. The third-order valence-corrected chi connectivity index (χ3v) is 1.23. The van der Waals surface area contributed by atoms with Gasteiger partial charge >= 0.3 is 18.2 Å². The van der Waals surface area contributed by atoms with Crippen molar-refractivity contribution >= 4 is 12.1 Å². The lowest BCUT2D eigenvalue weighted by molar-refractivity contribution is -0.226. The summed E-state index contributed by atoms with van der Waals surface area (Å²) in [6.07, 6.45) is -8.93. The normalized spacial score (nSPS) is 13.8. The predicted octanol–water partition coefficient (Wildman–Crippen LogP) is 1.96. The zero-order valence-electron chi connectivity index (χ0n) is 9.84. The minimum Gasteiger partial charge on any atom is -0.444 e. The van der Waals surface area contributed by atoms with Gasteiger partial charge in [-0.05, 0) is 20.8 Å². The van der Waals surface area contributed by atoms with Crippen molar-refractivity contribution in [2.24, 2.45) is 0 Å². The number of alkyl halides is 3. The van der Waals surface area contributed by atoms with Crippen LogP contribution < -0.4 is 5.32 Å². The first-order valence-electron chi connectivity index (χ1n) is 4.65. The van der Waals surface area contributed by atoms with E-state index in [4.69, 9.17) is 0 Å². The Labute approximate surface area is 96.3 Å². The molecule has 0 aliphatic carbocycles. The van der Waals surface area contributed by atoms with Gasteiger partial charge in [-0.2, -0.15) is 13.2 Å². The lowest BCUT2D eigenvalue weighted by atomic mass is 10.2. The summed E-state index contributed by atoms with van der Waals surface area (Å²) >= 11 is 0. The molecule has 1 unspecified atom stereocenters. The van der Waals surface area contributed by atoms with Crippen molar-refractivity contribution in [2.75, 3.05) is 0 Å². The zero-order valence-corrected chi connectivity index (χ0v) is 9.84. The van der Waals surface area contributed by atoms with Gasteiger partial charge in [0.15, 0.2) is 0 Å². The number of carbonyl (C=O) groups excluding carboxylic acids is 2. The van der Waals surface area contributed by atoms with Gasteiger partial charge < -0.3 is 9.47 Å². The Kier molecular flexibility index (Phi) is 4.79. The Morgan fingerprint density at radius 2 is 1.65 bits per heavy atom. The molecular formula is C9H14F3NO4. The topological polar surface area (TPSA) is 64.6 Å². The molecule has 100 valence electrons. The van der Waals surface area contributed by atoms with E-state index in [1.807, 2.05) is 0 Å². The van der Waals surface area contributed by atoms with Gasteiger partial charge in [-0.3, -0.25) is 10.1 Å². The Hall–Kier alpha value is -1.47. The molecule has 0 bridgehead atoms. The van der Waals surface area contributed by atoms with E-state index in [1.54, 1.807) is 0 Å². The van der Waals surface area contributed by atoms with Crippen molar-refractivity contribution in [1.29, 1.82) is 0 Å². The molecule has 1 N–H and O–H groups in total. The predicted molar refractivity (Wildman–Crippen MR) is 51.0 cm³/mol. The summed E-state index contributed by atoms with van der Waals surface area (Å²) in [5.41, 5.74) is -0.948. The van der Waals surface area contributed by atoms with Crippen LogP contribution >= 0.6 is 0 Å². The van der Waals surface area contributed by atoms with Crippen LogP contribution in [0, 0.1) is 0 Å². The van der Waals surface area contributed by atoms with E-state index in [9.17, 15) is 22.8 Å². The van der Waals surface area contributed by atoms with E-state index >= 15 is 0 Å². The second-order valence-electron chi connectivity index (χ2n) is 4.18. The van der Waals surface area contributed by atoms with E-state index in [0.29, 0.717) is 0 Å². The average Bonchev–Trinajstić information content (AvgIpc) is 1.95. The highest BCUT2D eigenvalue weighted by molar-refractivity contribution is 5.70. The number of ether oxygens (including phenoxy) is 2. The largest absolute Gasteiger partial charge is 0.445 e. The quantitative estimate of drug-likeness (QED) is 0.606. The minimum atomic E-state index is -4.90. The fourth-order valence-electron chi connectivity index (χ4n) is 0.759. The molecule has 0 aromatic carbocycles. The molecule has 0 radical (unpaired) electrons. The number of hydrogen-bond donors (Lipinski definition) is 1. The molecule has 0 aromatic rings. The molecule has 0 aromatic heterocycles. The van der Waals surface area contributed by atoms with Crippen LogP contribution in [-0.4, -0.2) is 30.1 Å². The molecule has 0 saturated heterocycles. The van der Waals surface area contributed by atoms with Crippen LogP contribution in [0.3, 0.4) is 0 Å². The number of rotatable bonds is 2. The minimum absolute atomic E-state index is 0.801. The number of halogens is 3. The molecule has 0 rings (SSSR count). The van der Waals surface area contributed by atoms with Crippen molar-refractivity contribution in [3.05, 3.63) is 0 Å². The number of esters is 1. The smallest absolute Gasteiger partial charge is 0.444 e. The van der Waals surface area contributed by atoms with Gasteiger partial charge in [-0.25, -0.2) is 4.79 Å². The maximum absolute atomic E-state index is 12.3. The van der Waals surface area contributed by atoms with Gasteiger partial charge in [0, 0.05) is 6.92 Å². The summed E-state index contributed by atoms with van der Waals surface area (Å²) in [5.74, 6) is -1.16. The number of alkyl carbamates (subject to hydrolysis) is 1. The van der Waals surface area contributed by atoms with Crippen molar-refractivity contribution in [3.8, 4) is 0 Å². The molecule has 1 amide bonds. The fraction of sp³-hybridized carbons (Fsp3) is 0.778. The Morgan fingerprint density at radius 3 is 1.94 bits per heavy atom. The summed E-state index contributed by atoms with van der Waals surface area (Å²) in [5, 5.41) is 1.42. The first-order chi connectivity index (χ1) is 7.42. The number of nitrogens with one attached hydrogen (secondary N) is 1. The number of amides is 1. The standard InChI is InChI=1S/C9H14F3NO4/c1-5(14)16-6(9(10,11)12)13-7(15)17-8(2,3)4/h6H,1-4H3,(H,13,15). The van der Waals surface area contributed by atoms with Gasteiger partial charge in [0.2, 0.25) is 0 Å². The van der Waals surface area contributed by atoms with E-state index < -0.39 is 30.1 Å². The average molecular weight is 257 g/mol. The first kappa shape index (κ1) is 15.5. The van der Waals surface area contributed by atoms with Crippen molar-refractivity contribution in [3.63, 3.8) is 0 Å². The third kappa shape index (κ3) is 7.42. The highest BCUT2D eigenvalue weighted by Gasteiger charge is 2.44. The molecule has 1 atom stereocenters. The van der Waals surface area contributed by atoms with E-state index in [-0.39, 0.29) is 0 Å². The van der Waals surface area contributed by atoms with Crippen LogP contribution in [0.15, 0.2) is 0 Å². The van der Waals surface area contributed by atoms with Crippen LogP contribution in [0.25, 0.3) is 0 Å². The Balaban J connectivity index is 4.55. The molecule has 0 aliphatic heterocycles. The van der Waals surface area contributed by atoms with Crippen molar-refractivity contribution in [2.45, 2.75) is 45.7 Å². The van der Waals surface area contributed by atoms with Gasteiger partial charge in [0.25, 0.3) is 6.23 Å². The summed E-state index contributed by atoms with van der Waals surface area (Å²) in [4.78, 5) is 21.5. The Morgan fingerprint density at radius 1 is 1.18 bits per heavy atom. The molecular weight excluding hydrogens is 243 g/mol. The van der Waals surface area contributed by atoms with Crippen molar-refractivity contribution < 1.29 is 32.2 Å². The lowest BCUT2D eigenvalue weighted by Crippen LogP contribution is -2.49. The molecule has 8 heteroatoms. The van der Waals surface area contributed by atoms with Crippen LogP contribution in [0.2, 0.25) is 0 Å². The van der Waals surface area contributed by atoms with Crippen LogP contribution in [0.4, 0.5) is 18.0 Å². The molecule has 17 heavy (non-hydrogen) atoms. The fourth-order valence-corrected chi connectivity index (χ4v) is 0.759. The number of hydrogen-bond acceptors (Lipinski definition) is 4. The third-order valence-electron chi connectivity index (χ3n) is 1.23. The zero-order chi connectivity index (χ0) is 13.9. The molecule has 0 aliphatic rings. The molecule has 0 fully saturated rings. The van der Waals surface area contributed by atoms with Crippen LogP contribution in [0.1, 0.15) is 27.7 Å².